The topological polar surface area (TPSA) is 65.0 Å². The van der Waals surface area contributed by atoms with Crippen molar-refractivity contribution in [3.63, 3.8) is 0 Å². The Labute approximate surface area is 107 Å². The van der Waals surface area contributed by atoms with Crippen LogP contribution in [0.15, 0.2) is 24.3 Å². The van der Waals surface area contributed by atoms with E-state index >= 15 is 0 Å². The Morgan fingerprint density at radius 3 is 2.44 bits per heavy atom. The van der Waals surface area contributed by atoms with Crippen LogP contribution in [0, 0.1) is 0 Å². The van der Waals surface area contributed by atoms with E-state index in [2.05, 4.69) is 4.52 Å². The maximum Gasteiger partial charge on any atom is 0.472 e. The van der Waals surface area contributed by atoms with E-state index in [4.69, 9.17) is 9.26 Å². The molecule has 0 aromatic heterocycles. The standard InChI is InChI=1S/C12H19O5P/c1-4-16-18(13,14)17-10(2)9-11-5-7-12(15-3)8-6-11/h5-8,10H,4,9H2,1-3H3,(H,13,14). The van der Waals surface area contributed by atoms with Gasteiger partial charge in [0.1, 0.15) is 5.75 Å². The van der Waals surface area contributed by atoms with Crippen molar-refractivity contribution in [2.24, 2.45) is 0 Å². The zero-order chi connectivity index (χ0) is 13.6. The van der Waals surface area contributed by atoms with Gasteiger partial charge in [0.25, 0.3) is 0 Å². The summed E-state index contributed by atoms with van der Waals surface area (Å²) in [5.41, 5.74) is 1.000. The number of rotatable bonds is 7. The van der Waals surface area contributed by atoms with E-state index < -0.39 is 13.9 Å². The predicted molar refractivity (Wildman–Crippen MR) is 68.7 cm³/mol. The molecular weight excluding hydrogens is 255 g/mol. The van der Waals surface area contributed by atoms with Crippen LogP contribution in [-0.2, 0) is 20.0 Å². The normalized spacial score (nSPS) is 16.0. The van der Waals surface area contributed by atoms with Gasteiger partial charge in [-0.2, -0.15) is 0 Å². The molecule has 2 atom stereocenters. The Kier molecular flexibility index (Phi) is 5.82. The lowest BCUT2D eigenvalue weighted by Gasteiger charge is -2.17. The number of benzene rings is 1. The highest BCUT2D eigenvalue weighted by molar-refractivity contribution is 7.47. The van der Waals surface area contributed by atoms with Crippen LogP contribution >= 0.6 is 7.82 Å². The number of phosphoric acid groups is 1. The van der Waals surface area contributed by atoms with Gasteiger partial charge in [-0.05, 0) is 38.0 Å². The molecule has 6 heteroatoms. The van der Waals surface area contributed by atoms with Crippen molar-refractivity contribution in [1.29, 1.82) is 0 Å². The van der Waals surface area contributed by atoms with Gasteiger partial charge in [0.15, 0.2) is 0 Å². The number of hydrogen-bond acceptors (Lipinski definition) is 4. The number of methoxy groups -OCH3 is 1. The first-order chi connectivity index (χ1) is 8.46. The minimum absolute atomic E-state index is 0.142. The van der Waals surface area contributed by atoms with Gasteiger partial charge in [-0.3, -0.25) is 9.05 Å². The van der Waals surface area contributed by atoms with E-state index in [0.717, 1.165) is 11.3 Å². The van der Waals surface area contributed by atoms with Crippen LogP contribution in [0.1, 0.15) is 19.4 Å². The maximum absolute atomic E-state index is 11.4. The molecule has 18 heavy (non-hydrogen) atoms. The van der Waals surface area contributed by atoms with E-state index in [1.165, 1.54) is 0 Å². The van der Waals surface area contributed by atoms with E-state index in [-0.39, 0.29) is 6.61 Å². The summed E-state index contributed by atoms with van der Waals surface area (Å²) in [7, 11) is -2.32. The van der Waals surface area contributed by atoms with Crippen molar-refractivity contribution in [2.75, 3.05) is 13.7 Å². The van der Waals surface area contributed by atoms with E-state index in [1.807, 2.05) is 24.3 Å². The molecular formula is C12H19O5P. The summed E-state index contributed by atoms with van der Waals surface area (Å²) in [4.78, 5) is 9.34. The van der Waals surface area contributed by atoms with Crippen molar-refractivity contribution in [2.45, 2.75) is 26.4 Å². The molecule has 2 unspecified atom stereocenters. The lowest BCUT2D eigenvalue weighted by atomic mass is 10.1. The monoisotopic (exact) mass is 274 g/mol. The first-order valence-corrected chi connectivity index (χ1v) is 7.25. The number of hydrogen-bond donors (Lipinski definition) is 1. The fraction of sp³-hybridized carbons (Fsp3) is 0.500. The number of phosphoric ester groups is 1. The molecule has 1 aromatic carbocycles. The molecule has 0 amide bonds. The molecule has 0 aliphatic carbocycles. The maximum atomic E-state index is 11.4. The van der Waals surface area contributed by atoms with Gasteiger partial charge in [0, 0.05) is 0 Å². The van der Waals surface area contributed by atoms with Crippen LogP contribution in [0.5, 0.6) is 5.75 Å². The van der Waals surface area contributed by atoms with Gasteiger partial charge in [0.2, 0.25) is 0 Å². The van der Waals surface area contributed by atoms with Crippen molar-refractivity contribution in [1.82, 2.24) is 0 Å². The van der Waals surface area contributed by atoms with Gasteiger partial charge >= 0.3 is 7.82 Å². The van der Waals surface area contributed by atoms with E-state index in [0.29, 0.717) is 6.42 Å². The van der Waals surface area contributed by atoms with Crippen LogP contribution in [0.4, 0.5) is 0 Å². The molecule has 0 heterocycles. The third-order valence-corrected chi connectivity index (χ3v) is 3.50. The Hall–Kier alpha value is -0.870. The first kappa shape index (κ1) is 15.2. The Morgan fingerprint density at radius 2 is 1.94 bits per heavy atom. The molecule has 0 spiro atoms. The largest absolute Gasteiger partial charge is 0.497 e. The van der Waals surface area contributed by atoms with Crippen molar-refractivity contribution >= 4 is 7.82 Å². The van der Waals surface area contributed by atoms with E-state index in [1.54, 1.807) is 21.0 Å². The zero-order valence-corrected chi connectivity index (χ0v) is 11.7. The fourth-order valence-corrected chi connectivity index (χ4v) is 2.47. The van der Waals surface area contributed by atoms with Crippen LogP contribution in [0.25, 0.3) is 0 Å². The minimum atomic E-state index is -3.93. The minimum Gasteiger partial charge on any atom is -0.497 e. The molecule has 0 fully saturated rings. The molecule has 0 saturated carbocycles. The summed E-state index contributed by atoms with van der Waals surface area (Å²) in [5.74, 6) is 0.773. The Balaban J connectivity index is 2.53. The third-order valence-electron chi connectivity index (χ3n) is 2.29. The average molecular weight is 274 g/mol. The SMILES string of the molecule is CCOP(=O)(O)OC(C)Cc1ccc(OC)cc1. The van der Waals surface area contributed by atoms with Crippen molar-refractivity contribution < 1.29 is 23.2 Å². The highest BCUT2D eigenvalue weighted by atomic mass is 31.2. The van der Waals surface area contributed by atoms with Gasteiger partial charge in [-0.1, -0.05) is 12.1 Å². The molecule has 0 aliphatic heterocycles. The number of ether oxygens (including phenoxy) is 1. The molecule has 0 bridgehead atoms. The van der Waals surface area contributed by atoms with Crippen molar-refractivity contribution in [3.8, 4) is 5.75 Å². The molecule has 0 radical (unpaired) electrons. The highest BCUT2D eigenvalue weighted by Gasteiger charge is 2.23. The van der Waals surface area contributed by atoms with Crippen LogP contribution in [0.2, 0.25) is 0 Å². The average Bonchev–Trinajstić information content (AvgIpc) is 2.28. The summed E-state index contributed by atoms with van der Waals surface area (Å²) in [6, 6.07) is 7.45. The quantitative estimate of drug-likeness (QED) is 0.774. The Morgan fingerprint density at radius 1 is 1.33 bits per heavy atom. The molecule has 0 saturated heterocycles. The second-order valence-corrected chi connectivity index (χ2v) is 5.26. The second-order valence-electron chi connectivity index (χ2n) is 3.85. The van der Waals surface area contributed by atoms with E-state index in [9.17, 15) is 9.46 Å². The van der Waals surface area contributed by atoms with Gasteiger partial charge in [-0.25, -0.2) is 4.57 Å². The molecule has 1 N–H and O–H groups in total. The molecule has 1 rings (SSSR count). The third kappa shape index (κ3) is 5.19. The molecule has 102 valence electrons. The Bertz CT molecular complexity index is 403. The second kappa shape index (κ2) is 6.90. The zero-order valence-electron chi connectivity index (χ0n) is 10.8. The fourth-order valence-electron chi connectivity index (χ4n) is 1.55. The van der Waals surface area contributed by atoms with Gasteiger partial charge in [-0.15, -0.1) is 0 Å². The lowest BCUT2D eigenvalue weighted by Crippen LogP contribution is -2.11. The first-order valence-electron chi connectivity index (χ1n) is 5.75. The van der Waals surface area contributed by atoms with Gasteiger partial charge < -0.3 is 9.63 Å². The molecule has 5 nitrogen and oxygen atoms in total. The summed E-state index contributed by atoms with van der Waals surface area (Å²) in [6.45, 7) is 3.51. The van der Waals surface area contributed by atoms with Gasteiger partial charge in [0.05, 0.1) is 19.8 Å². The van der Waals surface area contributed by atoms with Crippen LogP contribution < -0.4 is 4.74 Å². The van der Waals surface area contributed by atoms with Crippen molar-refractivity contribution in [3.05, 3.63) is 29.8 Å². The summed E-state index contributed by atoms with van der Waals surface area (Å²) >= 11 is 0. The predicted octanol–water partition coefficient (Wildman–Crippen LogP) is 2.78. The highest BCUT2D eigenvalue weighted by Crippen LogP contribution is 2.44. The molecule has 0 aliphatic rings. The lowest BCUT2D eigenvalue weighted by molar-refractivity contribution is 0.116. The molecule has 1 aromatic rings. The smallest absolute Gasteiger partial charge is 0.472 e. The summed E-state index contributed by atoms with van der Waals surface area (Å²) in [6.07, 6.45) is 0.127. The van der Waals surface area contributed by atoms with Crippen LogP contribution in [-0.4, -0.2) is 24.7 Å². The summed E-state index contributed by atoms with van der Waals surface area (Å²) in [5, 5.41) is 0. The van der Waals surface area contributed by atoms with Crippen LogP contribution in [0.3, 0.4) is 0 Å². The summed E-state index contributed by atoms with van der Waals surface area (Å²) < 4.78 is 26.1.